The highest BCUT2D eigenvalue weighted by atomic mass is 28.3. The van der Waals surface area contributed by atoms with Crippen molar-refractivity contribution in [3.8, 4) is 0 Å². The van der Waals surface area contributed by atoms with Crippen molar-refractivity contribution in [1.29, 1.82) is 0 Å². The number of allylic oxidation sites excluding steroid dienone is 1. The van der Waals surface area contributed by atoms with Gasteiger partial charge in [0.05, 0.1) is 8.07 Å². The topological polar surface area (TPSA) is 0 Å². The highest BCUT2D eigenvalue weighted by molar-refractivity contribution is 6.81. The number of hydrogen-bond acceptors (Lipinski definition) is 0. The molecule has 0 aliphatic heterocycles. The zero-order valence-electron chi connectivity index (χ0n) is 9.71. The average Bonchev–Trinajstić information content (AvgIpc) is 1.75. The van der Waals surface area contributed by atoms with Crippen LogP contribution in [0.2, 0.25) is 19.6 Å². The normalized spacial score (nSPS) is 15.9. The molecular weight excluding hydrogens is 205 g/mol. The van der Waals surface area contributed by atoms with Gasteiger partial charge in [-0.05, 0) is 5.41 Å². The molecule has 0 bridgehead atoms. The van der Waals surface area contributed by atoms with Gasteiger partial charge in [-0.25, -0.2) is 0 Å². The molecule has 0 spiro atoms. The van der Waals surface area contributed by atoms with E-state index < -0.39 is 19.7 Å². The molecule has 0 N–H and O–H groups in total. The van der Waals surface area contributed by atoms with E-state index in [0.29, 0.717) is 0 Å². The summed E-state index contributed by atoms with van der Waals surface area (Å²) < 4.78 is 38.1. The number of halogens is 3. The number of hydrogen-bond donors (Lipinski definition) is 0. The van der Waals surface area contributed by atoms with Crippen molar-refractivity contribution < 1.29 is 13.2 Å². The van der Waals surface area contributed by atoms with Crippen LogP contribution >= 0.6 is 0 Å². The Morgan fingerprint density at radius 1 is 1.00 bits per heavy atom. The zero-order valence-corrected chi connectivity index (χ0v) is 10.7. The van der Waals surface area contributed by atoms with Crippen molar-refractivity contribution in [2.24, 2.45) is 5.41 Å². The summed E-state index contributed by atoms with van der Waals surface area (Å²) in [5.74, 6) is 0. The lowest BCUT2D eigenvalue weighted by molar-refractivity contribution is -0.103. The first kappa shape index (κ1) is 13.7. The van der Waals surface area contributed by atoms with E-state index in [1.54, 1.807) is 20.8 Å². The molecule has 0 saturated carbocycles. The van der Waals surface area contributed by atoms with Gasteiger partial charge in [-0.3, -0.25) is 0 Å². The lowest BCUT2D eigenvalue weighted by atomic mass is 9.87. The fraction of sp³-hybridized carbons (Fsp3) is 0.800. The Morgan fingerprint density at radius 3 is 1.43 bits per heavy atom. The van der Waals surface area contributed by atoms with Crippen LogP contribution in [0, 0.1) is 5.41 Å². The molecule has 0 unspecified atom stereocenters. The molecule has 0 nitrogen and oxygen atoms in total. The van der Waals surface area contributed by atoms with Gasteiger partial charge in [-0.1, -0.05) is 46.1 Å². The molecule has 0 saturated heterocycles. The van der Waals surface area contributed by atoms with Gasteiger partial charge in [0, 0.05) is 5.57 Å². The van der Waals surface area contributed by atoms with Crippen molar-refractivity contribution in [2.75, 3.05) is 0 Å². The van der Waals surface area contributed by atoms with E-state index in [9.17, 15) is 13.2 Å². The molecule has 0 aliphatic carbocycles. The first-order valence-corrected chi connectivity index (χ1v) is 8.22. The molecular formula is C10H19F3Si. The Labute approximate surface area is 85.2 Å². The average molecular weight is 224 g/mol. The van der Waals surface area contributed by atoms with Crippen molar-refractivity contribution >= 4 is 8.07 Å². The number of alkyl halides is 3. The van der Waals surface area contributed by atoms with Crippen LogP contribution in [0.25, 0.3) is 0 Å². The fourth-order valence-electron chi connectivity index (χ4n) is 1.16. The molecule has 0 fully saturated rings. The molecule has 4 heteroatoms. The first-order valence-electron chi connectivity index (χ1n) is 4.64. The predicted molar refractivity (Wildman–Crippen MR) is 56.9 cm³/mol. The van der Waals surface area contributed by atoms with Crippen LogP contribution in [0.1, 0.15) is 20.8 Å². The monoisotopic (exact) mass is 224 g/mol. The molecule has 0 atom stereocenters. The second kappa shape index (κ2) is 3.72. The van der Waals surface area contributed by atoms with E-state index in [0.717, 1.165) is 0 Å². The second-order valence-electron chi connectivity index (χ2n) is 5.67. The highest BCUT2D eigenvalue weighted by Gasteiger charge is 2.41. The van der Waals surface area contributed by atoms with Crippen LogP contribution in [-0.2, 0) is 0 Å². The van der Waals surface area contributed by atoms with E-state index in [4.69, 9.17) is 0 Å². The number of rotatable bonds is 1. The van der Waals surface area contributed by atoms with Gasteiger partial charge in [-0.15, -0.1) is 0 Å². The SMILES string of the molecule is CC(C)(C)C(=C[Si](C)(C)C)C(F)(F)F. The lowest BCUT2D eigenvalue weighted by Gasteiger charge is -2.27. The zero-order chi connectivity index (χ0) is 11.8. The maximum atomic E-state index is 12.7. The third-order valence-electron chi connectivity index (χ3n) is 1.69. The van der Waals surface area contributed by atoms with E-state index in [1.807, 2.05) is 19.6 Å². The first-order chi connectivity index (χ1) is 5.84. The van der Waals surface area contributed by atoms with Gasteiger partial charge >= 0.3 is 6.18 Å². The second-order valence-corrected chi connectivity index (χ2v) is 10.7. The largest absolute Gasteiger partial charge is 0.412 e. The molecule has 0 aromatic heterocycles. The minimum absolute atomic E-state index is 0.385. The standard InChI is InChI=1S/C10H19F3Si/c1-9(2,3)8(10(11,12)13)7-14(4,5)6/h7H,1-6H3. The summed E-state index contributed by atoms with van der Waals surface area (Å²) in [4.78, 5) is 0. The van der Waals surface area contributed by atoms with Crippen molar-refractivity contribution in [2.45, 2.75) is 46.6 Å². The maximum Gasteiger partial charge on any atom is 0.412 e. The van der Waals surface area contributed by atoms with E-state index >= 15 is 0 Å². The lowest BCUT2D eigenvalue weighted by Crippen LogP contribution is -2.29. The summed E-state index contributed by atoms with van der Waals surface area (Å²) in [6.07, 6.45) is -4.20. The van der Waals surface area contributed by atoms with Gasteiger partial charge in [0.15, 0.2) is 0 Å². The molecule has 0 radical (unpaired) electrons. The van der Waals surface area contributed by atoms with E-state index in [-0.39, 0.29) is 5.57 Å². The summed E-state index contributed by atoms with van der Waals surface area (Å²) in [5.41, 5.74) is 0.245. The molecule has 14 heavy (non-hydrogen) atoms. The molecule has 84 valence electrons. The third-order valence-corrected chi connectivity index (χ3v) is 2.85. The van der Waals surface area contributed by atoms with Crippen molar-refractivity contribution in [3.05, 3.63) is 11.3 Å². The van der Waals surface area contributed by atoms with Crippen LogP contribution in [0.3, 0.4) is 0 Å². The quantitative estimate of drug-likeness (QED) is 0.579. The third kappa shape index (κ3) is 4.84. The smallest absolute Gasteiger partial charge is 0.166 e. The van der Waals surface area contributed by atoms with Gasteiger partial charge in [0.2, 0.25) is 0 Å². The molecule has 0 heterocycles. The van der Waals surface area contributed by atoms with Gasteiger partial charge < -0.3 is 0 Å². The van der Waals surface area contributed by atoms with Crippen molar-refractivity contribution in [1.82, 2.24) is 0 Å². The van der Waals surface area contributed by atoms with Crippen LogP contribution in [0.15, 0.2) is 11.3 Å². The van der Waals surface area contributed by atoms with Crippen LogP contribution in [0.4, 0.5) is 13.2 Å². The summed E-state index contributed by atoms with van der Waals surface area (Å²) in [5, 5.41) is 0. The van der Waals surface area contributed by atoms with Crippen LogP contribution < -0.4 is 0 Å². The summed E-state index contributed by atoms with van der Waals surface area (Å²) >= 11 is 0. The Balaban J connectivity index is 5.26. The minimum atomic E-state index is -4.20. The molecule has 0 aliphatic rings. The molecule has 0 amide bonds. The summed E-state index contributed by atoms with van der Waals surface area (Å²) in [7, 11) is -1.82. The van der Waals surface area contributed by atoms with E-state index in [2.05, 4.69) is 0 Å². The van der Waals surface area contributed by atoms with Crippen molar-refractivity contribution in [3.63, 3.8) is 0 Å². The summed E-state index contributed by atoms with van der Waals surface area (Å²) in [6.45, 7) is 10.5. The van der Waals surface area contributed by atoms with Gasteiger partial charge in [0.25, 0.3) is 0 Å². The van der Waals surface area contributed by atoms with Crippen LogP contribution in [0.5, 0.6) is 0 Å². The predicted octanol–water partition coefficient (Wildman–Crippen LogP) is 4.40. The molecule has 0 rings (SSSR count). The Hall–Kier alpha value is -0.253. The fourth-order valence-corrected chi connectivity index (χ4v) is 2.62. The Kier molecular flexibility index (Phi) is 3.65. The van der Waals surface area contributed by atoms with Gasteiger partial charge in [0.1, 0.15) is 0 Å². The Morgan fingerprint density at radius 2 is 1.36 bits per heavy atom. The maximum absolute atomic E-state index is 12.7. The molecule has 0 aromatic carbocycles. The summed E-state index contributed by atoms with van der Waals surface area (Å²) in [6, 6.07) is 0. The molecule has 0 aromatic rings. The van der Waals surface area contributed by atoms with Gasteiger partial charge in [-0.2, -0.15) is 13.2 Å². The van der Waals surface area contributed by atoms with Crippen LogP contribution in [-0.4, -0.2) is 14.3 Å². The Bertz CT molecular complexity index is 209. The minimum Gasteiger partial charge on any atom is -0.166 e. The highest BCUT2D eigenvalue weighted by Crippen LogP contribution is 2.39. The van der Waals surface area contributed by atoms with E-state index in [1.165, 1.54) is 5.70 Å².